The van der Waals surface area contributed by atoms with Crippen molar-refractivity contribution in [3.05, 3.63) is 0 Å². The maximum absolute atomic E-state index is 10.6. The number of phosphoric ester groups is 1. The third kappa shape index (κ3) is 6.88. The summed E-state index contributed by atoms with van der Waals surface area (Å²) >= 11 is 3.79. The Hall–Kier alpha value is -0.110. The average Bonchev–Trinajstić information content (AvgIpc) is 2.09. The first-order valence-corrected chi connectivity index (χ1v) is 6.30. The van der Waals surface area contributed by atoms with Gasteiger partial charge in [0.15, 0.2) is 0 Å². The van der Waals surface area contributed by atoms with Crippen molar-refractivity contribution in [3.8, 4) is 0 Å². The molecule has 0 rings (SSSR count). The Morgan fingerprint density at radius 1 is 1.60 bits per heavy atom. The molecule has 15 heavy (non-hydrogen) atoms. The van der Waals surface area contributed by atoms with Gasteiger partial charge < -0.3 is 14.9 Å². The molecule has 0 radical (unpaired) electrons. The lowest BCUT2D eigenvalue weighted by atomic mass is 10.3. The molecule has 0 saturated carbocycles. The molecule has 0 aromatic carbocycles. The van der Waals surface area contributed by atoms with E-state index in [1.54, 1.807) is 6.92 Å². The summed E-state index contributed by atoms with van der Waals surface area (Å²) in [5.41, 5.74) is 0. The van der Waals surface area contributed by atoms with Crippen LogP contribution in [0.4, 0.5) is 0 Å². The third-order valence-electron chi connectivity index (χ3n) is 1.50. The van der Waals surface area contributed by atoms with Crippen LogP contribution in [-0.4, -0.2) is 38.9 Å². The summed E-state index contributed by atoms with van der Waals surface area (Å²) in [4.78, 5) is 27.6. The Morgan fingerprint density at radius 2 is 2.13 bits per heavy atom. The molecule has 9 heteroatoms. The van der Waals surface area contributed by atoms with E-state index in [9.17, 15) is 9.36 Å². The van der Waals surface area contributed by atoms with E-state index < -0.39 is 26.1 Å². The molecule has 0 aliphatic rings. The zero-order chi connectivity index (χ0) is 12.1. The lowest BCUT2D eigenvalue weighted by Gasteiger charge is -2.21. The van der Waals surface area contributed by atoms with Gasteiger partial charge in [0.05, 0.1) is 0 Å². The van der Waals surface area contributed by atoms with E-state index in [0.29, 0.717) is 0 Å². The lowest BCUT2D eigenvalue weighted by molar-refractivity contribution is -0.139. The minimum absolute atomic E-state index is 0.00362. The molecule has 0 saturated heterocycles. The van der Waals surface area contributed by atoms with E-state index in [1.165, 1.54) is 0 Å². The Kier molecular flexibility index (Phi) is 6.42. The van der Waals surface area contributed by atoms with Gasteiger partial charge in [-0.25, -0.2) is 4.57 Å². The van der Waals surface area contributed by atoms with Crippen LogP contribution in [-0.2, 0) is 13.9 Å². The van der Waals surface area contributed by atoms with Crippen LogP contribution in [0.15, 0.2) is 0 Å². The van der Waals surface area contributed by atoms with Crippen molar-refractivity contribution in [2.75, 3.05) is 5.75 Å². The molecule has 2 atom stereocenters. The number of hydrogen-bond donors (Lipinski definition) is 5. The van der Waals surface area contributed by atoms with Gasteiger partial charge in [0.2, 0.25) is 0 Å². The monoisotopic (exact) mass is 259 g/mol. The summed E-state index contributed by atoms with van der Waals surface area (Å²) in [7, 11) is -4.62. The van der Waals surface area contributed by atoms with Crippen LogP contribution in [0.1, 0.15) is 13.3 Å². The highest BCUT2D eigenvalue weighted by Gasteiger charge is 2.25. The summed E-state index contributed by atoms with van der Waals surface area (Å²) in [6, 6.07) is -1.01. The molecule has 2 unspecified atom stereocenters. The van der Waals surface area contributed by atoms with Gasteiger partial charge in [0.1, 0.15) is 12.3 Å². The standard InChI is InChI=1S/C6H14NO6PS/c1-2-5(13-14(10,11)12)7-4(3-15)6(8)9/h4-5,7,15H,2-3H2,1H3,(H,8,9)(H2,10,11,12). The molecular formula is C6H14NO6PS. The molecule has 0 aromatic rings. The van der Waals surface area contributed by atoms with Gasteiger partial charge in [-0.15, -0.1) is 0 Å². The van der Waals surface area contributed by atoms with Gasteiger partial charge >= 0.3 is 13.8 Å². The van der Waals surface area contributed by atoms with Gasteiger partial charge in [0, 0.05) is 5.75 Å². The van der Waals surface area contributed by atoms with E-state index in [2.05, 4.69) is 22.5 Å². The number of phosphoric acid groups is 1. The van der Waals surface area contributed by atoms with Gasteiger partial charge in [0.25, 0.3) is 0 Å². The number of nitrogens with one attached hydrogen (secondary N) is 1. The number of aliphatic carboxylic acids is 1. The molecule has 0 bridgehead atoms. The SMILES string of the molecule is CCC(NC(CS)C(=O)O)OP(=O)(O)O. The highest BCUT2D eigenvalue weighted by atomic mass is 32.1. The van der Waals surface area contributed by atoms with Gasteiger partial charge in [-0.1, -0.05) is 6.92 Å². The smallest absolute Gasteiger partial charge is 0.471 e. The molecule has 0 aliphatic heterocycles. The Balaban J connectivity index is 4.31. The second-order valence-corrected chi connectivity index (χ2v) is 4.29. The number of carboxylic acid groups (broad SMARTS) is 1. The molecule has 0 spiro atoms. The fourth-order valence-electron chi connectivity index (χ4n) is 0.815. The first kappa shape index (κ1) is 14.9. The van der Waals surface area contributed by atoms with Crippen molar-refractivity contribution >= 4 is 26.4 Å². The third-order valence-corrected chi connectivity index (χ3v) is 2.40. The van der Waals surface area contributed by atoms with E-state index >= 15 is 0 Å². The summed E-state index contributed by atoms with van der Waals surface area (Å²) in [6.07, 6.45) is -0.790. The highest BCUT2D eigenvalue weighted by Crippen LogP contribution is 2.37. The number of hydrogen-bond acceptors (Lipinski definition) is 5. The van der Waals surface area contributed by atoms with Crippen molar-refractivity contribution in [2.24, 2.45) is 0 Å². The van der Waals surface area contributed by atoms with Crippen molar-refractivity contribution in [3.63, 3.8) is 0 Å². The maximum atomic E-state index is 10.6. The zero-order valence-electron chi connectivity index (χ0n) is 8.03. The summed E-state index contributed by atoms with van der Waals surface area (Å²) in [5, 5.41) is 11.1. The number of carbonyl (C=O) groups is 1. The molecule has 90 valence electrons. The van der Waals surface area contributed by atoms with E-state index in [0.717, 1.165) is 0 Å². The predicted octanol–water partition coefficient (Wildman–Crippen LogP) is -0.196. The molecule has 0 heterocycles. The van der Waals surface area contributed by atoms with Crippen LogP contribution in [0.5, 0.6) is 0 Å². The first-order valence-electron chi connectivity index (χ1n) is 4.13. The second kappa shape index (κ2) is 6.47. The second-order valence-electron chi connectivity index (χ2n) is 2.73. The minimum atomic E-state index is -4.62. The summed E-state index contributed by atoms with van der Waals surface area (Å²) in [6.45, 7) is 1.60. The van der Waals surface area contributed by atoms with Gasteiger partial charge in [-0.3, -0.25) is 14.6 Å². The summed E-state index contributed by atoms with van der Waals surface area (Å²) < 4.78 is 14.8. The quantitative estimate of drug-likeness (QED) is 0.244. The maximum Gasteiger partial charge on any atom is 0.471 e. The number of rotatable bonds is 7. The van der Waals surface area contributed by atoms with Crippen LogP contribution >= 0.6 is 20.5 Å². The van der Waals surface area contributed by atoms with E-state index in [4.69, 9.17) is 14.9 Å². The van der Waals surface area contributed by atoms with Gasteiger partial charge in [-0.05, 0) is 6.42 Å². The lowest BCUT2D eigenvalue weighted by Crippen LogP contribution is -2.45. The predicted molar refractivity (Wildman–Crippen MR) is 55.6 cm³/mol. The Bertz CT molecular complexity index is 256. The van der Waals surface area contributed by atoms with E-state index in [1.807, 2.05) is 0 Å². The zero-order valence-corrected chi connectivity index (χ0v) is 9.82. The fraction of sp³-hybridized carbons (Fsp3) is 0.833. The van der Waals surface area contributed by atoms with Crippen molar-refractivity contribution < 1.29 is 28.8 Å². The van der Waals surface area contributed by atoms with Crippen molar-refractivity contribution in [1.29, 1.82) is 0 Å². The molecular weight excluding hydrogens is 245 g/mol. The van der Waals surface area contributed by atoms with Crippen LogP contribution in [0.2, 0.25) is 0 Å². The van der Waals surface area contributed by atoms with Crippen molar-refractivity contribution in [2.45, 2.75) is 25.6 Å². The molecule has 0 amide bonds. The van der Waals surface area contributed by atoms with Crippen LogP contribution in [0.25, 0.3) is 0 Å². The van der Waals surface area contributed by atoms with Crippen LogP contribution in [0.3, 0.4) is 0 Å². The van der Waals surface area contributed by atoms with Crippen LogP contribution in [0, 0.1) is 0 Å². The number of carboxylic acids is 1. The Morgan fingerprint density at radius 3 is 2.40 bits per heavy atom. The highest BCUT2D eigenvalue weighted by molar-refractivity contribution is 7.80. The Labute approximate surface area is 92.5 Å². The largest absolute Gasteiger partial charge is 0.480 e. The minimum Gasteiger partial charge on any atom is -0.480 e. The fourth-order valence-corrected chi connectivity index (χ4v) is 1.62. The first-order chi connectivity index (χ1) is 6.80. The summed E-state index contributed by atoms with van der Waals surface area (Å²) in [5.74, 6) is -1.16. The molecule has 4 N–H and O–H groups in total. The van der Waals surface area contributed by atoms with E-state index in [-0.39, 0.29) is 12.2 Å². The van der Waals surface area contributed by atoms with Crippen molar-refractivity contribution in [1.82, 2.24) is 5.32 Å². The molecule has 0 aliphatic carbocycles. The molecule has 0 aromatic heterocycles. The number of thiol groups is 1. The van der Waals surface area contributed by atoms with Crippen LogP contribution < -0.4 is 5.32 Å². The van der Waals surface area contributed by atoms with Gasteiger partial charge in [-0.2, -0.15) is 12.6 Å². The normalized spacial score (nSPS) is 16.0. The molecule has 7 nitrogen and oxygen atoms in total. The average molecular weight is 259 g/mol. The molecule has 0 fully saturated rings. The topological polar surface area (TPSA) is 116 Å².